The van der Waals surface area contributed by atoms with Crippen LogP contribution in [-0.2, 0) is 17.8 Å². The summed E-state index contributed by atoms with van der Waals surface area (Å²) in [4.78, 5) is 26.5. The van der Waals surface area contributed by atoms with Gasteiger partial charge in [-0.15, -0.1) is 11.3 Å². The highest BCUT2D eigenvalue weighted by molar-refractivity contribution is 7.09. The molecule has 7 nitrogen and oxygen atoms in total. The van der Waals surface area contributed by atoms with E-state index in [4.69, 9.17) is 4.52 Å². The number of thiazole rings is 1. The van der Waals surface area contributed by atoms with E-state index in [1.807, 2.05) is 24.4 Å². The molecule has 0 aliphatic rings. The predicted molar refractivity (Wildman–Crippen MR) is 84.6 cm³/mol. The summed E-state index contributed by atoms with van der Waals surface area (Å²) >= 11 is 1.53. The second-order valence-corrected chi connectivity index (χ2v) is 6.07. The minimum atomic E-state index is -0.0483. The quantitative estimate of drug-likeness (QED) is 0.712. The number of hydrogen-bond acceptors (Lipinski definition) is 7. The third-order valence-corrected chi connectivity index (χ3v) is 3.98. The van der Waals surface area contributed by atoms with E-state index >= 15 is 0 Å². The highest BCUT2D eigenvalue weighted by Gasteiger charge is 2.16. The summed E-state index contributed by atoms with van der Waals surface area (Å²) in [5.41, 5.74) is 1.42. The Morgan fingerprint density at radius 2 is 2.22 bits per heavy atom. The third kappa shape index (κ3) is 3.78. The van der Waals surface area contributed by atoms with E-state index in [9.17, 15) is 4.79 Å². The van der Waals surface area contributed by atoms with E-state index in [1.165, 1.54) is 11.3 Å². The van der Waals surface area contributed by atoms with Crippen LogP contribution in [0.5, 0.6) is 0 Å². The molecule has 0 saturated carbocycles. The number of likely N-dealkylation sites (N-methyl/N-ethyl adjacent to an activating group) is 1. The van der Waals surface area contributed by atoms with Gasteiger partial charge in [0.2, 0.25) is 17.6 Å². The molecule has 3 aromatic heterocycles. The van der Waals surface area contributed by atoms with Gasteiger partial charge in [-0.2, -0.15) is 4.98 Å². The first kappa shape index (κ1) is 15.3. The SMILES string of the molecule is Cc1nc(CC(=O)N(C)Cc2nc(-c3ccccn3)no2)cs1. The molecule has 3 aromatic rings. The topological polar surface area (TPSA) is 85.0 Å². The molecular formula is C15H15N5O2S. The molecule has 0 aliphatic heterocycles. The Balaban J connectivity index is 1.62. The smallest absolute Gasteiger partial charge is 0.246 e. The van der Waals surface area contributed by atoms with Gasteiger partial charge >= 0.3 is 0 Å². The molecule has 0 aromatic carbocycles. The fourth-order valence-electron chi connectivity index (χ4n) is 1.99. The van der Waals surface area contributed by atoms with Crippen molar-refractivity contribution < 1.29 is 9.32 Å². The summed E-state index contributed by atoms with van der Waals surface area (Å²) in [7, 11) is 1.70. The maximum Gasteiger partial charge on any atom is 0.246 e. The normalized spacial score (nSPS) is 10.7. The molecule has 0 fully saturated rings. The molecule has 0 unspecified atom stereocenters. The van der Waals surface area contributed by atoms with Crippen molar-refractivity contribution in [3.63, 3.8) is 0 Å². The summed E-state index contributed by atoms with van der Waals surface area (Å²) in [5.74, 6) is 0.737. The molecule has 0 aliphatic carbocycles. The molecule has 23 heavy (non-hydrogen) atoms. The second-order valence-electron chi connectivity index (χ2n) is 5.01. The van der Waals surface area contributed by atoms with Crippen molar-refractivity contribution in [1.82, 2.24) is 25.0 Å². The van der Waals surface area contributed by atoms with Gasteiger partial charge in [-0.05, 0) is 19.1 Å². The van der Waals surface area contributed by atoms with Crippen LogP contribution < -0.4 is 0 Å². The lowest BCUT2D eigenvalue weighted by molar-refractivity contribution is -0.130. The van der Waals surface area contributed by atoms with Gasteiger partial charge in [0.05, 0.1) is 23.7 Å². The van der Waals surface area contributed by atoms with E-state index in [2.05, 4.69) is 20.1 Å². The Morgan fingerprint density at radius 1 is 1.35 bits per heavy atom. The van der Waals surface area contributed by atoms with E-state index in [-0.39, 0.29) is 18.9 Å². The van der Waals surface area contributed by atoms with Crippen molar-refractivity contribution in [3.05, 3.63) is 46.4 Å². The molecule has 1 amide bonds. The average Bonchev–Trinajstić information content (AvgIpc) is 3.17. The molecule has 8 heteroatoms. The van der Waals surface area contributed by atoms with Crippen LogP contribution >= 0.6 is 11.3 Å². The van der Waals surface area contributed by atoms with Crippen molar-refractivity contribution >= 4 is 17.2 Å². The summed E-state index contributed by atoms with van der Waals surface area (Å²) in [6, 6.07) is 5.47. The van der Waals surface area contributed by atoms with Gasteiger partial charge in [-0.25, -0.2) is 4.98 Å². The minimum absolute atomic E-state index is 0.0483. The maximum absolute atomic E-state index is 12.2. The van der Waals surface area contributed by atoms with Crippen LogP contribution in [0.4, 0.5) is 0 Å². The number of aryl methyl sites for hydroxylation is 1. The third-order valence-electron chi connectivity index (χ3n) is 3.16. The number of rotatable bonds is 5. The molecule has 0 atom stereocenters. The van der Waals surface area contributed by atoms with Crippen LogP contribution in [0.25, 0.3) is 11.5 Å². The highest BCUT2D eigenvalue weighted by Crippen LogP contribution is 2.13. The van der Waals surface area contributed by atoms with Crippen molar-refractivity contribution in [2.75, 3.05) is 7.05 Å². The largest absolute Gasteiger partial charge is 0.337 e. The molecular weight excluding hydrogens is 314 g/mol. The molecule has 3 heterocycles. The first-order chi connectivity index (χ1) is 11.1. The first-order valence-corrected chi connectivity index (χ1v) is 7.89. The van der Waals surface area contributed by atoms with Gasteiger partial charge in [-0.3, -0.25) is 9.78 Å². The summed E-state index contributed by atoms with van der Waals surface area (Å²) in [6.07, 6.45) is 1.93. The zero-order valence-corrected chi connectivity index (χ0v) is 13.6. The van der Waals surface area contributed by atoms with Gasteiger partial charge in [0, 0.05) is 18.6 Å². The fraction of sp³-hybridized carbons (Fsp3) is 0.267. The number of carbonyl (C=O) groups excluding carboxylic acids is 1. The Morgan fingerprint density at radius 3 is 2.91 bits per heavy atom. The molecule has 3 rings (SSSR count). The first-order valence-electron chi connectivity index (χ1n) is 7.01. The van der Waals surface area contributed by atoms with Crippen LogP contribution in [0.15, 0.2) is 34.3 Å². The fourth-order valence-corrected chi connectivity index (χ4v) is 2.60. The van der Waals surface area contributed by atoms with Crippen LogP contribution in [0.3, 0.4) is 0 Å². The van der Waals surface area contributed by atoms with Crippen LogP contribution in [0.1, 0.15) is 16.6 Å². The van der Waals surface area contributed by atoms with E-state index in [0.29, 0.717) is 17.4 Å². The van der Waals surface area contributed by atoms with Crippen LogP contribution in [0, 0.1) is 6.92 Å². The zero-order chi connectivity index (χ0) is 16.2. The number of pyridine rings is 1. The van der Waals surface area contributed by atoms with E-state index < -0.39 is 0 Å². The number of hydrogen-bond donors (Lipinski definition) is 0. The van der Waals surface area contributed by atoms with Gasteiger partial charge < -0.3 is 9.42 Å². The van der Waals surface area contributed by atoms with Crippen molar-refractivity contribution in [2.45, 2.75) is 19.9 Å². The van der Waals surface area contributed by atoms with E-state index in [0.717, 1.165) is 10.7 Å². The Kier molecular flexibility index (Phi) is 4.42. The van der Waals surface area contributed by atoms with Crippen molar-refractivity contribution in [3.8, 4) is 11.5 Å². The lowest BCUT2D eigenvalue weighted by atomic mass is 10.3. The van der Waals surface area contributed by atoms with Crippen molar-refractivity contribution in [2.24, 2.45) is 0 Å². The molecule has 0 radical (unpaired) electrons. The van der Waals surface area contributed by atoms with Gasteiger partial charge in [0.15, 0.2) is 0 Å². The summed E-state index contributed by atoms with van der Waals surface area (Å²) in [5, 5.41) is 6.74. The summed E-state index contributed by atoms with van der Waals surface area (Å²) in [6.45, 7) is 2.17. The lowest BCUT2D eigenvalue weighted by Crippen LogP contribution is -2.28. The van der Waals surface area contributed by atoms with Gasteiger partial charge in [-0.1, -0.05) is 11.2 Å². The number of amides is 1. The molecule has 118 valence electrons. The minimum Gasteiger partial charge on any atom is -0.337 e. The number of aromatic nitrogens is 4. The molecule has 0 saturated heterocycles. The summed E-state index contributed by atoms with van der Waals surface area (Å²) < 4.78 is 5.19. The zero-order valence-electron chi connectivity index (χ0n) is 12.8. The molecule has 0 spiro atoms. The number of carbonyl (C=O) groups is 1. The predicted octanol–water partition coefficient (Wildman–Crippen LogP) is 2.10. The Labute approximate surface area is 137 Å². The van der Waals surface area contributed by atoms with Gasteiger partial charge in [0.25, 0.3) is 0 Å². The van der Waals surface area contributed by atoms with E-state index in [1.54, 1.807) is 24.2 Å². The van der Waals surface area contributed by atoms with Crippen LogP contribution in [0.2, 0.25) is 0 Å². The maximum atomic E-state index is 12.2. The Bertz CT molecular complexity index is 799. The lowest BCUT2D eigenvalue weighted by Gasteiger charge is -2.13. The average molecular weight is 329 g/mol. The van der Waals surface area contributed by atoms with Gasteiger partial charge in [0.1, 0.15) is 5.69 Å². The van der Waals surface area contributed by atoms with Crippen LogP contribution in [-0.4, -0.2) is 38.0 Å². The number of nitrogens with zero attached hydrogens (tertiary/aromatic N) is 5. The molecule has 0 bridgehead atoms. The van der Waals surface area contributed by atoms with Crippen molar-refractivity contribution in [1.29, 1.82) is 0 Å². The molecule has 0 N–H and O–H groups in total. The Hall–Kier alpha value is -2.61. The second kappa shape index (κ2) is 6.66. The monoisotopic (exact) mass is 329 g/mol. The standard InChI is InChI=1S/C15H15N5O2S/c1-10-17-11(9-23-10)7-14(21)20(2)8-13-18-15(19-22-13)12-5-3-4-6-16-12/h3-6,9H,7-8H2,1-2H3. The highest BCUT2D eigenvalue weighted by atomic mass is 32.1.